The van der Waals surface area contributed by atoms with Gasteiger partial charge in [0.25, 0.3) is 0 Å². The van der Waals surface area contributed by atoms with Crippen molar-refractivity contribution < 1.29 is 9.18 Å². The first-order chi connectivity index (χ1) is 13.4. The van der Waals surface area contributed by atoms with Crippen LogP contribution in [0.5, 0.6) is 0 Å². The van der Waals surface area contributed by atoms with Gasteiger partial charge in [-0.15, -0.1) is 0 Å². The summed E-state index contributed by atoms with van der Waals surface area (Å²) >= 11 is 0. The van der Waals surface area contributed by atoms with E-state index >= 15 is 0 Å². The van der Waals surface area contributed by atoms with Crippen molar-refractivity contribution in [1.29, 1.82) is 0 Å². The first-order valence-corrected chi connectivity index (χ1v) is 10.3. The van der Waals surface area contributed by atoms with Crippen molar-refractivity contribution in [2.24, 2.45) is 5.41 Å². The Labute approximate surface area is 166 Å². The average molecular weight is 384 g/mol. The molecule has 1 spiro atoms. The van der Waals surface area contributed by atoms with E-state index in [1.54, 1.807) is 12.1 Å². The maximum Gasteiger partial charge on any atom is 0.230 e. The molecule has 3 heterocycles. The van der Waals surface area contributed by atoms with E-state index in [-0.39, 0.29) is 11.2 Å². The molecule has 1 aromatic heterocycles. The standard InChI is InChI=1S/C22H29FN4O/c1-4-9-26-11-8-22(21(26)28)7-10-25(15-22)14-18-13-19(23)5-6-20(18)27-17(3)12-16(2)24-27/h5-6,12-13H,4,7-11,14-15H2,1-3H3. The smallest absolute Gasteiger partial charge is 0.230 e. The highest BCUT2D eigenvalue weighted by molar-refractivity contribution is 5.85. The lowest BCUT2D eigenvalue weighted by Gasteiger charge is -2.24. The molecule has 2 aliphatic rings. The largest absolute Gasteiger partial charge is 0.342 e. The Balaban J connectivity index is 1.55. The predicted molar refractivity (Wildman–Crippen MR) is 107 cm³/mol. The quantitative estimate of drug-likeness (QED) is 0.793. The highest BCUT2D eigenvalue weighted by Crippen LogP contribution is 2.41. The van der Waals surface area contributed by atoms with Crippen molar-refractivity contribution in [2.45, 2.75) is 46.6 Å². The van der Waals surface area contributed by atoms with E-state index in [1.807, 2.05) is 29.5 Å². The third-order valence-corrected chi connectivity index (χ3v) is 6.20. The van der Waals surface area contributed by atoms with Gasteiger partial charge in [-0.2, -0.15) is 5.10 Å². The fourth-order valence-electron chi connectivity index (χ4n) is 4.85. The summed E-state index contributed by atoms with van der Waals surface area (Å²) in [4.78, 5) is 17.3. The summed E-state index contributed by atoms with van der Waals surface area (Å²) < 4.78 is 15.9. The lowest BCUT2D eigenvalue weighted by atomic mass is 9.85. The molecule has 0 saturated carbocycles. The second-order valence-electron chi connectivity index (χ2n) is 8.40. The van der Waals surface area contributed by atoms with Gasteiger partial charge in [0.1, 0.15) is 5.82 Å². The van der Waals surface area contributed by atoms with E-state index < -0.39 is 0 Å². The van der Waals surface area contributed by atoms with Crippen LogP contribution in [0.15, 0.2) is 24.3 Å². The first-order valence-electron chi connectivity index (χ1n) is 10.3. The van der Waals surface area contributed by atoms with Gasteiger partial charge in [0, 0.05) is 31.9 Å². The summed E-state index contributed by atoms with van der Waals surface area (Å²) in [5, 5.41) is 4.57. The Bertz CT molecular complexity index is 893. The molecule has 0 aliphatic carbocycles. The van der Waals surface area contributed by atoms with E-state index in [4.69, 9.17) is 0 Å². The number of carbonyl (C=O) groups excluding carboxylic acids is 1. The summed E-state index contributed by atoms with van der Waals surface area (Å²) in [6.07, 6.45) is 2.84. The number of halogens is 1. The Hall–Kier alpha value is -2.21. The summed E-state index contributed by atoms with van der Waals surface area (Å²) in [6.45, 7) is 10.1. The van der Waals surface area contributed by atoms with Gasteiger partial charge in [-0.05, 0) is 69.5 Å². The van der Waals surface area contributed by atoms with Crippen molar-refractivity contribution >= 4 is 5.91 Å². The molecule has 1 amide bonds. The molecule has 0 bridgehead atoms. The monoisotopic (exact) mass is 384 g/mol. The van der Waals surface area contributed by atoms with Gasteiger partial charge in [0.15, 0.2) is 0 Å². The summed E-state index contributed by atoms with van der Waals surface area (Å²) in [5.41, 5.74) is 3.57. The molecule has 1 unspecified atom stereocenters. The van der Waals surface area contributed by atoms with Crippen LogP contribution in [-0.4, -0.2) is 51.7 Å². The second kappa shape index (κ2) is 7.32. The molecule has 150 valence electrons. The molecule has 2 aromatic rings. The van der Waals surface area contributed by atoms with Crippen LogP contribution in [0.25, 0.3) is 5.69 Å². The van der Waals surface area contributed by atoms with Crippen molar-refractivity contribution in [2.75, 3.05) is 26.2 Å². The number of hydrogen-bond acceptors (Lipinski definition) is 3. The molecule has 2 fully saturated rings. The van der Waals surface area contributed by atoms with Gasteiger partial charge in [-0.3, -0.25) is 9.69 Å². The number of carbonyl (C=O) groups is 1. The van der Waals surface area contributed by atoms with Crippen LogP contribution in [0.3, 0.4) is 0 Å². The Kier molecular flexibility index (Phi) is 5.00. The van der Waals surface area contributed by atoms with E-state index in [9.17, 15) is 9.18 Å². The highest BCUT2D eigenvalue weighted by atomic mass is 19.1. The van der Waals surface area contributed by atoms with Crippen LogP contribution in [0.4, 0.5) is 4.39 Å². The Morgan fingerprint density at radius 2 is 1.96 bits per heavy atom. The Morgan fingerprint density at radius 1 is 1.18 bits per heavy atom. The van der Waals surface area contributed by atoms with E-state index in [0.717, 1.165) is 68.1 Å². The molecule has 6 heteroatoms. The predicted octanol–water partition coefficient (Wildman–Crippen LogP) is 3.46. The van der Waals surface area contributed by atoms with E-state index in [1.165, 1.54) is 6.07 Å². The number of aromatic nitrogens is 2. The molecule has 2 saturated heterocycles. The highest BCUT2D eigenvalue weighted by Gasteiger charge is 2.50. The van der Waals surface area contributed by atoms with Crippen LogP contribution < -0.4 is 0 Å². The van der Waals surface area contributed by atoms with Crippen molar-refractivity contribution in [3.63, 3.8) is 0 Å². The van der Waals surface area contributed by atoms with Gasteiger partial charge in [0.05, 0.1) is 16.8 Å². The van der Waals surface area contributed by atoms with Gasteiger partial charge < -0.3 is 4.90 Å². The second-order valence-corrected chi connectivity index (χ2v) is 8.40. The third-order valence-electron chi connectivity index (χ3n) is 6.20. The van der Waals surface area contributed by atoms with Gasteiger partial charge >= 0.3 is 0 Å². The number of likely N-dealkylation sites (tertiary alicyclic amines) is 2. The Morgan fingerprint density at radius 3 is 2.68 bits per heavy atom. The zero-order valence-electron chi connectivity index (χ0n) is 17.0. The summed E-state index contributed by atoms with van der Waals surface area (Å²) in [6, 6.07) is 6.93. The van der Waals surface area contributed by atoms with Gasteiger partial charge in [0.2, 0.25) is 5.91 Å². The normalized spacial score (nSPS) is 22.7. The van der Waals surface area contributed by atoms with Crippen LogP contribution in [0.2, 0.25) is 0 Å². The maximum atomic E-state index is 14.0. The minimum atomic E-state index is -0.236. The summed E-state index contributed by atoms with van der Waals surface area (Å²) in [7, 11) is 0. The number of rotatable bonds is 5. The maximum absolute atomic E-state index is 14.0. The molecule has 0 N–H and O–H groups in total. The molecule has 4 rings (SSSR count). The fourth-order valence-corrected chi connectivity index (χ4v) is 4.85. The first kappa shape index (κ1) is 19.1. The van der Waals surface area contributed by atoms with Crippen LogP contribution in [-0.2, 0) is 11.3 Å². The van der Waals surface area contributed by atoms with Gasteiger partial charge in [-0.25, -0.2) is 9.07 Å². The summed E-state index contributed by atoms with van der Waals surface area (Å²) in [5.74, 6) is 0.0788. The third kappa shape index (κ3) is 3.34. The lowest BCUT2D eigenvalue weighted by Crippen LogP contribution is -2.37. The SMILES string of the molecule is CCCN1CCC2(CCN(Cc3cc(F)ccc3-n3nc(C)cc3C)C2)C1=O. The number of nitrogens with zero attached hydrogens (tertiary/aromatic N) is 4. The van der Waals surface area contributed by atoms with E-state index in [0.29, 0.717) is 12.5 Å². The fraction of sp³-hybridized carbons (Fsp3) is 0.545. The minimum absolute atomic E-state index is 0.235. The molecule has 28 heavy (non-hydrogen) atoms. The number of amides is 1. The molecule has 2 aliphatic heterocycles. The minimum Gasteiger partial charge on any atom is -0.342 e. The molecular weight excluding hydrogens is 355 g/mol. The van der Waals surface area contributed by atoms with Gasteiger partial charge in [-0.1, -0.05) is 6.92 Å². The molecule has 5 nitrogen and oxygen atoms in total. The zero-order chi connectivity index (χ0) is 19.9. The number of benzene rings is 1. The van der Waals surface area contributed by atoms with Crippen LogP contribution in [0, 0.1) is 25.1 Å². The number of aryl methyl sites for hydroxylation is 2. The van der Waals surface area contributed by atoms with Crippen LogP contribution in [0.1, 0.15) is 43.1 Å². The number of hydrogen-bond donors (Lipinski definition) is 0. The molecular formula is C22H29FN4O. The van der Waals surface area contributed by atoms with Crippen molar-refractivity contribution in [1.82, 2.24) is 19.6 Å². The average Bonchev–Trinajstić information content (AvgIpc) is 3.30. The van der Waals surface area contributed by atoms with E-state index in [2.05, 4.69) is 16.9 Å². The lowest BCUT2D eigenvalue weighted by molar-refractivity contribution is -0.135. The van der Waals surface area contributed by atoms with Crippen molar-refractivity contribution in [3.05, 3.63) is 47.0 Å². The zero-order valence-corrected chi connectivity index (χ0v) is 17.0. The molecule has 1 aromatic carbocycles. The molecule has 1 atom stereocenters. The molecule has 0 radical (unpaired) electrons. The van der Waals surface area contributed by atoms with Crippen LogP contribution >= 0.6 is 0 Å². The topological polar surface area (TPSA) is 41.4 Å². The van der Waals surface area contributed by atoms with Crippen molar-refractivity contribution in [3.8, 4) is 5.69 Å².